The Morgan fingerprint density at radius 1 is 0.966 bits per heavy atom. The number of carbonyl (C=O) groups is 1. The normalized spacial score (nSPS) is 11.6. The molecule has 0 spiro atoms. The second-order valence-corrected chi connectivity index (χ2v) is 8.22. The maximum atomic E-state index is 12.6. The molecule has 1 amide bonds. The number of benzene rings is 3. The van der Waals surface area contributed by atoms with Gasteiger partial charge in [0.1, 0.15) is 0 Å². The van der Waals surface area contributed by atoms with Crippen LogP contribution in [0.15, 0.2) is 73.4 Å². The summed E-state index contributed by atoms with van der Waals surface area (Å²) in [4.78, 5) is 17.2. The van der Waals surface area contributed by atoms with Crippen molar-refractivity contribution in [3.8, 4) is 11.1 Å². The Morgan fingerprint density at radius 3 is 2.48 bits per heavy atom. The Bertz CT molecular complexity index is 1250. The number of hydrogen-bond donors (Lipinski definition) is 1. The Hall–Kier alpha value is -3.46. The van der Waals surface area contributed by atoms with Crippen molar-refractivity contribution in [1.82, 2.24) is 4.98 Å². The summed E-state index contributed by atoms with van der Waals surface area (Å²) in [5.41, 5.74) is 4.31. The monoisotopic (exact) mass is 380 g/mol. The molecular weight excluding hydrogens is 356 g/mol. The van der Waals surface area contributed by atoms with E-state index in [4.69, 9.17) is 0 Å². The Kier molecular flexibility index (Phi) is 4.67. The lowest BCUT2D eigenvalue weighted by molar-refractivity contribution is -0.123. The Balaban J connectivity index is 1.98. The lowest BCUT2D eigenvalue weighted by Crippen LogP contribution is -2.27. The summed E-state index contributed by atoms with van der Waals surface area (Å²) in [6, 6.07) is 20.6. The van der Waals surface area contributed by atoms with Crippen molar-refractivity contribution < 1.29 is 4.79 Å². The van der Waals surface area contributed by atoms with Crippen molar-refractivity contribution in [1.29, 1.82) is 0 Å². The van der Waals surface area contributed by atoms with Crippen molar-refractivity contribution in [3.63, 3.8) is 0 Å². The van der Waals surface area contributed by atoms with Crippen LogP contribution in [0.5, 0.6) is 0 Å². The first kappa shape index (κ1) is 18.9. The lowest BCUT2D eigenvalue weighted by atomic mass is 9.90. The molecular formula is C26H24N2O. The summed E-state index contributed by atoms with van der Waals surface area (Å²) in [5.74, 6) is -0.0332. The number of pyridine rings is 1. The van der Waals surface area contributed by atoms with E-state index in [9.17, 15) is 4.79 Å². The van der Waals surface area contributed by atoms with Gasteiger partial charge < -0.3 is 5.32 Å². The van der Waals surface area contributed by atoms with Crippen LogP contribution < -0.4 is 5.32 Å². The zero-order valence-electron chi connectivity index (χ0n) is 17.0. The van der Waals surface area contributed by atoms with Gasteiger partial charge in [-0.05, 0) is 39.6 Å². The first-order valence-corrected chi connectivity index (χ1v) is 9.74. The summed E-state index contributed by atoms with van der Waals surface area (Å²) in [5, 5.41) is 6.39. The molecule has 1 heterocycles. The average Bonchev–Trinajstić information content (AvgIpc) is 2.72. The first-order valence-electron chi connectivity index (χ1n) is 9.74. The van der Waals surface area contributed by atoms with Crippen LogP contribution in [0.4, 0.5) is 5.69 Å². The highest BCUT2D eigenvalue weighted by Crippen LogP contribution is 2.38. The second-order valence-electron chi connectivity index (χ2n) is 8.22. The highest BCUT2D eigenvalue weighted by molar-refractivity contribution is 6.11. The molecule has 3 nitrogen and oxygen atoms in total. The van der Waals surface area contributed by atoms with Gasteiger partial charge in [-0.15, -0.1) is 0 Å². The minimum atomic E-state index is -0.481. The molecule has 1 aromatic heterocycles. The zero-order valence-corrected chi connectivity index (χ0v) is 17.0. The largest absolute Gasteiger partial charge is 0.324 e. The number of anilines is 1. The summed E-state index contributed by atoms with van der Waals surface area (Å²) >= 11 is 0. The molecule has 144 valence electrons. The van der Waals surface area contributed by atoms with E-state index in [1.54, 1.807) is 6.20 Å². The predicted octanol–water partition coefficient (Wildman–Crippen LogP) is 6.68. The molecule has 0 aliphatic heterocycles. The molecule has 0 saturated carbocycles. The molecule has 4 rings (SSSR count). The maximum Gasteiger partial charge on any atom is 0.229 e. The van der Waals surface area contributed by atoms with Gasteiger partial charge in [0.25, 0.3) is 0 Å². The van der Waals surface area contributed by atoms with Crippen LogP contribution in [-0.4, -0.2) is 10.9 Å². The van der Waals surface area contributed by atoms with Crippen molar-refractivity contribution in [2.75, 3.05) is 5.32 Å². The van der Waals surface area contributed by atoms with Crippen LogP contribution in [-0.2, 0) is 4.79 Å². The molecule has 0 aliphatic rings. The van der Waals surface area contributed by atoms with Crippen LogP contribution >= 0.6 is 0 Å². The molecule has 0 fully saturated rings. The smallest absolute Gasteiger partial charge is 0.229 e. The minimum absolute atomic E-state index is 0.0332. The van der Waals surface area contributed by atoms with Gasteiger partial charge in [0, 0.05) is 17.0 Å². The van der Waals surface area contributed by atoms with Crippen molar-refractivity contribution in [3.05, 3.63) is 79.0 Å². The van der Waals surface area contributed by atoms with E-state index in [0.29, 0.717) is 0 Å². The fourth-order valence-electron chi connectivity index (χ4n) is 3.56. The molecule has 0 aliphatic carbocycles. The molecule has 0 atom stereocenters. The van der Waals surface area contributed by atoms with E-state index in [0.717, 1.165) is 33.3 Å². The summed E-state index contributed by atoms with van der Waals surface area (Å²) in [6.07, 6.45) is 3.65. The molecule has 0 saturated heterocycles. The highest BCUT2D eigenvalue weighted by Gasteiger charge is 2.22. The molecule has 3 heteroatoms. The fraction of sp³-hybridized carbons (Fsp3) is 0.154. The molecule has 3 aromatic carbocycles. The number of hydrogen-bond acceptors (Lipinski definition) is 2. The van der Waals surface area contributed by atoms with E-state index in [2.05, 4.69) is 59.3 Å². The van der Waals surface area contributed by atoms with Crippen LogP contribution in [0.2, 0.25) is 0 Å². The summed E-state index contributed by atoms with van der Waals surface area (Å²) in [6.45, 7) is 9.72. The highest BCUT2D eigenvalue weighted by atomic mass is 16.2. The van der Waals surface area contributed by atoms with Gasteiger partial charge in [0.05, 0.1) is 11.2 Å². The molecule has 0 radical (unpaired) electrons. The quantitative estimate of drug-likeness (QED) is 0.430. The third-order valence-corrected chi connectivity index (χ3v) is 5.15. The van der Waals surface area contributed by atoms with E-state index in [1.807, 2.05) is 45.0 Å². The van der Waals surface area contributed by atoms with Gasteiger partial charge in [-0.1, -0.05) is 82.0 Å². The zero-order chi connectivity index (χ0) is 20.6. The summed E-state index contributed by atoms with van der Waals surface area (Å²) < 4.78 is 0. The molecule has 1 N–H and O–H groups in total. The molecule has 0 unspecified atom stereocenters. The van der Waals surface area contributed by atoms with Crippen LogP contribution in [0.1, 0.15) is 26.3 Å². The number of nitrogens with one attached hydrogen (secondary N) is 1. The van der Waals surface area contributed by atoms with Crippen LogP contribution in [0.25, 0.3) is 38.9 Å². The van der Waals surface area contributed by atoms with Crippen molar-refractivity contribution in [2.45, 2.75) is 20.8 Å². The second kappa shape index (κ2) is 7.17. The first-order chi connectivity index (χ1) is 13.9. The number of aromatic nitrogens is 1. The number of carbonyl (C=O) groups excluding carboxylic acids is 1. The number of amides is 1. The van der Waals surface area contributed by atoms with Gasteiger partial charge >= 0.3 is 0 Å². The molecule has 4 aromatic rings. The maximum absolute atomic E-state index is 12.6. The van der Waals surface area contributed by atoms with Crippen molar-refractivity contribution >= 4 is 39.3 Å². The number of rotatable bonds is 3. The topological polar surface area (TPSA) is 42.0 Å². The lowest BCUT2D eigenvalue weighted by Gasteiger charge is -2.19. The Morgan fingerprint density at radius 2 is 1.72 bits per heavy atom. The van der Waals surface area contributed by atoms with Crippen LogP contribution in [0.3, 0.4) is 0 Å². The predicted molar refractivity (Wildman–Crippen MR) is 123 cm³/mol. The van der Waals surface area contributed by atoms with Gasteiger partial charge in [0.2, 0.25) is 5.91 Å². The molecule has 29 heavy (non-hydrogen) atoms. The standard InChI is InChI=1S/C26H24N2O/c1-5-17-12-13-18-9-6-7-10-19(18)23(17)20-14-15-22(28-25(29)26(2,3)4)24-21(20)11-8-16-27-24/h5-16H,1H2,2-4H3,(H,28,29). The average molecular weight is 380 g/mol. The van der Waals surface area contributed by atoms with E-state index in [-0.39, 0.29) is 5.91 Å². The SMILES string of the molecule is C=Cc1ccc2ccccc2c1-c1ccc(NC(=O)C(C)(C)C)c2ncccc12. The number of nitrogens with zero attached hydrogens (tertiary/aromatic N) is 1. The minimum Gasteiger partial charge on any atom is -0.324 e. The van der Waals surface area contributed by atoms with E-state index in [1.165, 1.54) is 10.8 Å². The van der Waals surface area contributed by atoms with Crippen LogP contribution in [0, 0.1) is 5.41 Å². The van der Waals surface area contributed by atoms with E-state index >= 15 is 0 Å². The Labute approximate surface area is 171 Å². The third kappa shape index (κ3) is 3.40. The van der Waals surface area contributed by atoms with Gasteiger partial charge in [-0.25, -0.2) is 0 Å². The van der Waals surface area contributed by atoms with Gasteiger partial charge in [-0.3, -0.25) is 9.78 Å². The molecule has 0 bridgehead atoms. The summed E-state index contributed by atoms with van der Waals surface area (Å²) in [7, 11) is 0. The van der Waals surface area contributed by atoms with E-state index < -0.39 is 5.41 Å². The third-order valence-electron chi connectivity index (χ3n) is 5.15. The fourth-order valence-corrected chi connectivity index (χ4v) is 3.56. The number of fused-ring (bicyclic) bond motifs is 2. The van der Waals surface area contributed by atoms with Gasteiger partial charge in [0.15, 0.2) is 0 Å². The van der Waals surface area contributed by atoms with Gasteiger partial charge in [-0.2, -0.15) is 0 Å². The van der Waals surface area contributed by atoms with Crippen molar-refractivity contribution in [2.24, 2.45) is 5.41 Å².